The van der Waals surface area contributed by atoms with E-state index in [4.69, 9.17) is 0 Å². The molecule has 0 radical (unpaired) electrons. The highest BCUT2D eigenvalue weighted by molar-refractivity contribution is 7.89. The molecule has 2 aliphatic heterocycles. The number of hydrogen-bond acceptors (Lipinski definition) is 4. The van der Waals surface area contributed by atoms with Crippen LogP contribution in [0.5, 0.6) is 0 Å². The predicted octanol–water partition coefficient (Wildman–Crippen LogP) is 4.30. The molecule has 0 bridgehead atoms. The number of anilines is 1. The number of hydrogen-bond donors (Lipinski definition) is 0. The van der Waals surface area contributed by atoms with Crippen molar-refractivity contribution in [1.29, 1.82) is 0 Å². The lowest BCUT2D eigenvalue weighted by Gasteiger charge is -2.35. The molecular weight excluding hydrogens is 370 g/mol. The first-order chi connectivity index (χ1) is 13.6. The van der Waals surface area contributed by atoms with E-state index in [9.17, 15) is 8.42 Å². The standard InChI is InChI=1S/C22H29N3O2S/c1-18-8-11-20(12-9-18)28(26,27)25-16-6-3-7-21(25)19-10-13-22(23-17-19)24-14-4-2-5-15-24/h8-13,17,21H,2-7,14-16H2,1H3. The van der Waals surface area contributed by atoms with Crippen LogP contribution < -0.4 is 4.90 Å². The normalized spacial score (nSPS) is 21.6. The average molecular weight is 400 g/mol. The highest BCUT2D eigenvalue weighted by Crippen LogP contribution is 2.35. The molecule has 2 aromatic rings. The Labute approximate surface area is 168 Å². The van der Waals surface area contributed by atoms with Crippen LogP contribution in [0.15, 0.2) is 47.5 Å². The van der Waals surface area contributed by atoms with E-state index in [1.165, 1.54) is 19.3 Å². The second kappa shape index (κ2) is 8.21. The summed E-state index contributed by atoms with van der Waals surface area (Å²) < 4.78 is 28.3. The highest BCUT2D eigenvalue weighted by atomic mass is 32.2. The van der Waals surface area contributed by atoms with E-state index in [-0.39, 0.29) is 6.04 Å². The topological polar surface area (TPSA) is 53.5 Å². The maximum absolute atomic E-state index is 13.3. The number of piperidine rings is 2. The van der Waals surface area contributed by atoms with E-state index in [0.717, 1.165) is 49.3 Å². The van der Waals surface area contributed by atoms with Gasteiger partial charge in [0.05, 0.1) is 10.9 Å². The number of benzene rings is 1. The van der Waals surface area contributed by atoms with Gasteiger partial charge in [-0.05, 0) is 62.8 Å². The smallest absolute Gasteiger partial charge is 0.243 e. The first kappa shape index (κ1) is 19.4. The summed E-state index contributed by atoms with van der Waals surface area (Å²) in [5, 5.41) is 0. The second-order valence-corrected chi connectivity index (χ2v) is 9.83. The Morgan fingerprint density at radius 2 is 1.61 bits per heavy atom. The second-order valence-electron chi connectivity index (χ2n) is 7.94. The zero-order chi connectivity index (χ0) is 19.6. The van der Waals surface area contributed by atoms with Gasteiger partial charge in [0.1, 0.15) is 5.82 Å². The molecule has 1 aromatic heterocycles. The Hall–Kier alpha value is -1.92. The van der Waals surface area contributed by atoms with Crippen molar-refractivity contribution in [2.75, 3.05) is 24.5 Å². The summed E-state index contributed by atoms with van der Waals surface area (Å²) in [5.74, 6) is 1.01. The number of pyridine rings is 1. The van der Waals surface area contributed by atoms with Crippen molar-refractivity contribution in [3.63, 3.8) is 0 Å². The predicted molar refractivity (Wildman–Crippen MR) is 112 cm³/mol. The van der Waals surface area contributed by atoms with Gasteiger partial charge in [-0.15, -0.1) is 0 Å². The van der Waals surface area contributed by atoms with Gasteiger partial charge >= 0.3 is 0 Å². The van der Waals surface area contributed by atoms with Crippen LogP contribution in [0.1, 0.15) is 55.7 Å². The Morgan fingerprint density at radius 1 is 0.893 bits per heavy atom. The molecule has 0 N–H and O–H groups in total. The summed E-state index contributed by atoms with van der Waals surface area (Å²) in [7, 11) is -3.51. The first-order valence-electron chi connectivity index (χ1n) is 10.3. The number of aryl methyl sites for hydroxylation is 1. The van der Waals surface area contributed by atoms with Crippen LogP contribution in [0.4, 0.5) is 5.82 Å². The molecule has 0 spiro atoms. The van der Waals surface area contributed by atoms with Gasteiger partial charge in [0, 0.05) is 25.8 Å². The van der Waals surface area contributed by atoms with Crippen LogP contribution in [0.25, 0.3) is 0 Å². The molecule has 28 heavy (non-hydrogen) atoms. The Bertz CT molecular complexity index is 888. The molecule has 6 heteroatoms. The van der Waals surface area contributed by atoms with Gasteiger partial charge in [-0.3, -0.25) is 0 Å². The number of nitrogens with zero attached hydrogens (tertiary/aromatic N) is 3. The third-order valence-corrected chi connectivity index (χ3v) is 7.84. The SMILES string of the molecule is Cc1ccc(S(=O)(=O)N2CCCCC2c2ccc(N3CCCCC3)nc2)cc1. The van der Waals surface area contributed by atoms with Crippen LogP contribution in [0.2, 0.25) is 0 Å². The fourth-order valence-corrected chi connectivity index (χ4v) is 5.96. The Balaban J connectivity index is 1.59. The van der Waals surface area contributed by atoms with E-state index >= 15 is 0 Å². The largest absolute Gasteiger partial charge is 0.357 e. The molecule has 2 fully saturated rings. The summed E-state index contributed by atoms with van der Waals surface area (Å²) in [6, 6.07) is 11.2. The van der Waals surface area contributed by atoms with Gasteiger partial charge in [0.25, 0.3) is 0 Å². The molecule has 1 aromatic carbocycles. The van der Waals surface area contributed by atoms with Crippen LogP contribution in [-0.4, -0.2) is 37.3 Å². The number of sulfonamides is 1. The molecule has 3 heterocycles. The minimum atomic E-state index is -3.51. The lowest BCUT2D eigenvalue weighted by Crippen LogP contribution is -2.38. The monoisotopic (exact) mass is 399 g/mol. The quantitative estimate of drug-likeness (QED) is 0.769. The van der Waals surface area contributed by atoms with E-state index in [2.05, 4.69) is 22.0 Å². The van der Waals surface area contributed by atoms with Crippen molar-refractivity contribution in [3.8, 4) is 0 Å². The summed E-state index contributed by atoms with van der Waals surface area (Å²) in [6.45, 7) is 4.65. The Kier molecular flexibility index (Phi) is 5.69. The lowest BCUT2D eigenvalue weighted by atomic mass is 9.99. The van der Waals surface area contributed by atoms with Gasteiger partial charge in [0.15, 0.2) is 0 Å². The fourth-order valence-electron chi connectivity index (χ4n) is 4.28. The molecule has 0 amide bonds. The molecule has 1 unspecified atom stereocenters. The summed E-state index contributed by atoms with van der Waals surface area (Å²) in [5.41, 5.74) is 2.06. The molecule has 0 saturated carbocycles. The lowest BCUT2D eigenvalue weighted by molar-refractivity contribution is 0.255. The van der Waals surface area contributed by atoms with E-state index in [1.54, 1.807) is 16.4 Å². The average Bonchev–Trinajstić information content (AvgIpc) is 2.75. The molecule has 0 aliphatic carbocycles. The maximum atomic E-state index is 13.3. The van der Waals surface area contributed by atoms with Crippen LogP contribution in [0, 0.1) is 6.92 Å². The van der Waals surface area contributed by atoms with E-state index in [0.29, 0.717) is 11.4 Å². The summed E-state index contributed by atoms with van der Waals surface area (Å²) in [4.78, 5) is 7.39. The van der Waals surface area contributed by atoms with Gasteiger partial charge < -0.3 is 4.90 Å². The van der Waals surface area contributed by atoms with E-state index in [1.807, 2.05) is 25.3 Å². The zero-order valence-electron chi connectivity index (χ0n) is 16.5. The number of rotatable bonds is 4. The fraction of sp³-hybridized carbons (Fsp3) is 0.500. The van der Waals surface area contributed by atoms with Crippen LogP contribution >= 0.6 is 0 Å². The van der Waals surface area contributed by atoms with Crippen molar-refractivity contribution in [2.24, 2.45) is 0 Å². The Morgan fingerprint density at radius 3 is 2.29 bits per heavy atom. The summed E-state index contributed by atoms with van der Waals surface area (Å²) in [6.07, 6.45) is 8.40. The molecule has 150 valence electrons. The van der Waals surface area contributed by atoms with Crippen molar-refractivity contribution < 1.29 is 8.42 Å². The maximum Gasteiger partial charge on any atom is 0.243 e. The van der Waals surface area contributed by atoms with Crippen LogP contribution in [0.3, 0.4) is 0 Å². The molecule has 5 nitrogen and oxygen atoms in total. The van der Waals surface area contributed by atoms with E-state index < -0.39 is 10.0 Å². The van der Waals surface area contributed by atoms with Crippen molar-refractivity contribution in [1.82, 2.24) is 9.29 Å². The van der Waals surface area contributed by atoms with Crippen molar-refractivity contribution >= 4 is 15.8 Å². The molecule has 2 aliphatic rings. The third-order valence-electron chi connectivity index (χ3n) is 5.92. The van der Waals surface area contributed by atoms with Crippen molar-refractivity contribution in [2.45, 2.75) is 56.4 Å². The molecule has 2 saturated heterocycles. The number of aromatic nitrogens is 1. The highest BCUT2D eigenvalue weighted by Gasteiger charge is 2.34. The first-order valence-corrected chi connectivity index (χ1v) is 11.8. The van der Waals surface area contributed by atoms with Gasteiger partial charge in [-0.1, -0.05) is 30.2 Å². The molecule has 4 rings (SSSR count). The summed E-state index contributed by atoms with van der Waals surface area (Å²) >= 11 is 0. The molecule has 1 atom stereocenters. The molecular formula is C22H29N3O2S. The van der Waals surface area contributed by atoms with Crippen molar-refractivity contribution in [3.05, 3.63) is 53.7 Å². The van der Waals surface area contributed by atoms with Gasteiger partial charge in [-0.25, -0.2) is 13.4 Å². The minimum Gasteiger partial charge on any atom is -0.357 e. The zero-order valence-corrected chi connectivity index (χ0v) is 17.4. The minimum absolute atomic E-state index is 0.136. The van der Waals surface area contributed by atoms with Gasteiger partial charge in [-0.2, -0.15) is 4.31 Å². The van der Waals surface area contributed by atoms with Crippen LogP contribution in [-0.2, 0) is 10.0 Å². The third kappa shape index (κ3) is 3.94. The van der Waals surface area contributed by atoms with Gasteiger partial charge in [0.2, 0.25) is 10.0 Å².